The molecule has 0 spiro atoms. The molecule has 0 saturated carbocycles. The van der Waals surface area contributed by atoms with Gasteiger partial charge in [0.1, 0.15) is 0 Å². The molecule has 0 aromatic carbocycles. The van der Waals surface area contributed by atoms with Gasteiger partial charge in [-0.1, -0.05) is 0 Å². The quantitative estimate of drug-likeness (QED) is 0.390. The molecular formula is H4CaFeOSi. The minimum atomic E-state index is 0. The van der Waals surface area contributed by atoms with Crippen LogP contribution in [0.5, 0.6) is 0 Å². The van der Waals surface area contributed by atoms with E-state index in [0.29, 0.717) is 10.1 Å². The van der Waals surface area contributed by atoms with Gasteiger partial charge in [0, 0.05) is 17.1 Å². The Bertz CT molecular complexity index is 13.5. The van der Waals surface area contributed by atoms with Crippen LogP contribution in [-0.4, -0.2) is 47.9 Å². The summed E-state index contributed by atoms with van der Waals surface area (Å²) in [5, 5.41) is 0. The molecule has 0 aliphatic carbocycles. The molecule has 0 rings (SSSR count). The second kappa shape index (κ2) is 21.4. The molecule has 0 aliphatic heterocycles. The van der Waals surface area contributed by atoms with E-state index in [4.69, 9.17) is 4.46 Å². The molecule has 4 heavy (non-hydrogen) atoms. The molecule has 0 bridgehead atoms. The van der Waals surface area contributed by atoms with Gasteiger partial charge in [0.2, 0.25) is 10.1 Å². The van der Waals surface area contributed by atoms with Crippen molar-refractivity contribution >= 4 is 47.9 Å². The van der Waals surface area contributed by atoms with E-state index in [1.54, 1.807) is 0 Å². The molecule has 0 amide bonds. The summed E-state index contributed by atoms with van der Waals surface area (Å²) < 4.78 is 8.28. The van der Waals surface area contributed by atoms with Gasteiger partial charge in [-0.2, -0.15) is 0 Å². The molecule has 0 radical (unpaired) electrons. The third-order valence-electron chi connectivity index (χ3n) is 0. The van der Waals surface area contributed by atoms with Crippen LogP contribution in [0, 0.1) is 0 Å². The van der Waals surface area contributed by atoms with Crippen LogP contribution in [-0.2, 0) is 21.5 Å². The maximum Gasteiger partial charge on any atom is 2.00 e. The van der Waals surface area contributed by atoms with Gasteiger partial charge < -0.3 is 7.32 Å². The van der Waals surface area contributed by atoms with E-state index in [1.165, 1.54) is 0 Å². The van der Waals surface area contributed by atoms with E-state index in [2.05, 4.69) is 0 Å². The summed E-state index contributed by atoms with van der Waals surface area (Å²) in [6.07, 6.45) is 0. The maximum atomic E-state index is 8.28. The Morgan fingerprint density at radius 2 is 1.50 bits per heavy atom. The molecule has 0 atom stereocenters. The topological polar surface area (TPSA) is 17.1 Å². The number of hydrogen-bond acceptors (Lipinski definition) is 1. The summed E-state index contributed by atoms with van der Waals surface area (Å²) in [5.41, 5.74) is 0. The van der Waals surface area contributed by atoms with Crippen LogP contribution in [0.3, 0.4) is 0 Å². The van der Waals surface area contributed by atoms with Crippen LogP contribution in [0.4, 0.5) is 0 Å². The standard InChI is InChI=1S/Ca.Fe.H2OSi.2H/c;;1-2;;/h;;2H2;;/q+2;;;2*-1. The van der Waals surface area contributed by atoms with Gasteiger partial charge in [0.05, 0.1) is 0 Å². The van der Waals surface area contributed by atoms with Crippen LogP contribution in [0.15, 0.2) is 0 Å². The normalized spacial score (nSPS) is 1.00. The molecule has 24 valence electrons. The number of rotatable bonds is 0. The third kappa shape index (κ3) is 9.20. The van der Waals surface area contributed by atoms with Gasteiger partial charge in [-0.25, -0.2) is 0 Å². The smallest absolute Gasteiger partial charge is 1.00 e. The van der Waals surface area contributed by atoms with E-state index < -0.39 is 0 Å². The average Bonchev–Trinajstić information content (AvgIpc) is 1.00. The fourth-order valence-corrected chi connectivity index (χ4v) is 0. The van der Waals surface area contributed by atoms with Crippen molar-refractivity contribution in [2.45, 2.75) is 0 Å². The van der Waals surface area contributed by atoms with Crippen LogP contribution in [0.25, 0.3) is 0 Å². The fraction of sp³-hybridized carbons (Fsp3) is 0. The SMILES string of the molecule is O=[SiH2].[Ca+2].[Fe].[H-].[H-]. The predicted molar refractivity (Wildman–Crippen MR) is 17.2 cm³/mol. The van der Waals surface area contributed by atoms with Crippen molar-refractivity contribution in [3.8, 4) is 0 Å². The molecule has 1 nitrogen and oxygen atoms in total. The molecule has 0 aliphatic rings. The fourth-order valence-electron chi connectivity index (χ4n) is 0. The zero-order valence-electron chi connectivity index (χ0n) is 4.18. The second-order valence-corrected chi connectivity index (χ2v) is 0. The first-order valence-corrected chi connectivity index (χ1v) is 0.866. The van der Waals surface area contributed by atoms with Crippen molar-refractivity contribution in [1.29, 1.82) is 0 Å². The van der Waals surface area contributed by atoms with Crippen molar-refractivity contribution < 1.29 is 24.4 Å². The summed E-state index contributed by atoms with van der Waals surface area (Å²) >= 11 is 0. The summed E-state index contributed by atoms with van der Waals surface area (Å²) in [5.74, 6) is 0. The Hall–Kier alpha value is 1.80. The Balaban J connectivity index is -0.000000000833. The van der Waals surface area contributed by atoms with Crippen LogP contribution >= 0.6 is 0 Å². The minimum Gasteiger partial charge on any atom is -1.00 e. The zero-order valence-corrected chi connectivity index (χ0v) is 6.90. The van der Waals surface area contributed by atoms with Crippen LogP contribution < -0.4 is 0 Å². The first-order chi connectivity index (χ1) is 1.00. The predicted octanol–water partition coefficient (Wildman–Crippen LogP) is -1.19. The van der Waals surface area contributed by atoms with E-state index in [0.717, 1.165) is 0 Å². The van der Waals surface area contributed by atoms with Gasteiger partial charge >= 0.3 is 37.7 Å². The van der Waals surface area contributed by atoms with E-state index in [9.17, 15) is 0 Å². The van der Waals surface area contributed by atoms with Gasteiger partial charge in [0.25, 0.3) is 0 Å². The summed E-state index contributed by atoms with van der Waals surface area (Å²) in [4.78, 5) is 0. The van der Waals surface area contributed by atoms with E-state index >= 15 is 0 Å². The van der Waals surface area contributed by atoms with Crippen molar-refractivity contribution in [3.05, 3.63) is 0 Å². The summed E-state index contributed by atoms with van der Waals surface area (Å²) in [7, 11) is 0.611. The molecule has 0 N–H and O–H groups in total. The van der Waals surface area contributed by atoms with Gasteiger partial charge in [-0.3, -0.25) is 0 Å². The third-order valence-corrected chi connectivity index (χ3v) is 0. The molecule has 0 heterocycles. The Morgan fingerprint density at radius 3 is 1.50 bits per heavy atom. The second-order valence-electron chi connectivity index (χ2n) is 0. The maximum absolute atomic E-state index is 8.28. The molecule has 0 aromatic rings. The van der Waals surface area contributed by atoms with Crippen molar-refractivity contribution in [1.82, 2.24) is 0 Å². The largest absolute Gasteiger partial charge is 2.00 e. The molecule has 0 unspecified atom stereocenters. The van der Waals surface area contributed by atoms with Crippen molar-refractivity contribution in [3.63, 3.8) is 0 Å². The average molecular weight is 144 g/mol. The minimum absolute atomic E-state index is 0. The Morgan fingerprint density at radius 1 is 1.50 bits per heavy atom. The summed E-state index contributed by atoms with van der Waals surface area (Å²) in [6, 6.07) is 0. The molecule has 0 aromatic heterocycles. The molecule has 4 heteroatoms. The van der Waals surface area contributed by atoms with E-state index in [1.807, 2.05) is 0 Å². The van der Waals surface area contributed by atoms with Crippen molar-refractivity contribution in [2.75, 3.05) is 0 Å². The molecular weight excluding hydrogens is 140 g/mol. The number of hydrogen-bond donors (Lipinski definition) is 0. The van der Waals surface area contributed by atoms with Crippen molar-refractivity contribution in [2.24, 2.45) is 0 Å². The van der Waals surface area contributed by atoms with Gasteiger partial charge in [-0.15, -0.1) is 0 Å². The molecule has 0 fully saturated rings. The first-order valence-electron chi connectivity index (χ1n) is 0.289. The van der Waals surface area contributed by atoms with E-state index in [-0.39, 0.29) is 57.7 Å². The Labute approximate surface area is 71.5 Å². The van der Waals surface area contributed by atoms with Crippen LogP contribution in [0.1, 0.15) is 2.85 Å². The molecule has 0 saturated heterocycles. The van der Waals surface area contributed by atoms with Gasteiger partial charge in [-0.05, 0) is 0 Å². The summed E-state index contributed by atoms with van der Waals surface area (Å²) in [6.45, 7) is 0. The zero-order chi connectivity index (χ0) is 2.00. The first kappa shape index (κ1) is 17.1. The monoisotopic (exact) mass is 144 g/mol. The van der Waals surface area contributed by atoms with Crippen LogP contribution in [0.2, 0.25) is 0 Å². The Kier molecular flexibility index (Phi) is 91.3. The van der Waals surface area contributed by atoms with Gasteiger partial charge in [0.15, 0.2) is 0 Å².